The van der Waals surface area contributed by atoms with E-state index in [0.29, 0.717) is 25.0 Å². The minimum atomic E-state index is -1.39. The number of aliphatic hydroxyl groups is 1. The van der Waals surface area contributed by atoms with Gasteiger partial charge in [0.25, 0.3) is 5.91 Å². The molecule has 0 aromatic heterocycles. The molecule has 20 heavy (non-hydrogen) atoms. The van der Waals surface area contributed by atoms with Gasteiger partial charge in [-0.3, -0.25) is 14.9 Å². The lowest BCUT2D eigenvalue weighted by molar-refractivity contribution is -0.387. The Bertz CT molecular complexity index is 567. The Kier molecular flexibility index (Phi) is 3.67. The number of hydrogen-bond donors (Lipinski definition) is 2. The molecule has 0 radical (unpaired) electrons. The fourth-order valence-electron chi connectivity index (χ4n) is 2.11. The Morgan fingerprint density at radius 3 is 2.55 bits per heavy atom. The monoisotopic (exact) mass is 286 g/mol. The van der Waals surface area contributed by atoms with E-state index in [2.05, 4.69) is 5.32 Å². The van der Waals surface area contributed by atoms with Crippen molar-refractivity contribution in [2.45, 2.75) is 24.8 Å². The van der Waals surface area contributed by atoms with E-state index >= 15 is 0 Å². The second-order valence-corrected chi connectivity index (χ2v) is 4.79. The zero-order valence-electron chi connectivity index (χ0n) is 10.4. The second kappa shape index (κ2) is 5.12. The molecule has 1 aliphatic rings. The van der Waals surface area contributed by atoms with Crippen LogP contribution in [-0.2, 0) is 0 Å². The molecule has 0 atom stereocenters. The molecule has 1 aliphatic carbocycles. The van der Waals surface area contributed by atoms with Gasteiger partial charge in [0.2, 0.25) is 5.82 Å². The lowest BCUT2D eigenvalue weighted by Gasteiger charge is -2.40. The molecule has 0 aliphatic heterocycles. The number of carbonyl (C=O) groups is 1. The summed E-state index contributed by atoms with van der Waals surface area (Å²) in [6.07, 6.45) is 1.84. The summed E-state index contributed by atoms with van der Waals surface area (Å²) in [5, 5.41) is 22.2. The minimum Gasteiger partial charge on any atom is -0.394 e. The SMILES string of the molecule is O=C(NC1(CO)CCC1)c1cc(F)cc([N+](=O)[O-])c1F. The van der Waals surface area contributed by atoms with Crippen LogP contribution in [0.15, 0.2) is 12.1 Å². The third-order valence-electron chi connectivity index (χ3n) is 3.45. The smallest absolute Gasteiger partial charge is 0.308 e. The Morgan fingerprint density at radius 2 is 2.10 bits per heavy atom. The molecule has 2 rings (SSSR count). The maximum atomic E-state index is 13.8. The van der Waals surface area contributed by atoms with E-state index in [1.54, 1.807) is 0 Å². The van der Waals surface area contributed by atoms with Crippen LogP contribution in [0.25, 0.3) is 0 Å². The minimum absolute atomic E-state index is 0.322. The van der Waals surface area contributed by atoms with E-state index < -0.39 is 39.3 Å². The summed E-state index contributed by atoms with van der Waals surface area (Å²) in [4.78, 5) is 21.4. The molecule has 0 bridgehead atoms. The van der Waals surface area contributed by atoms with E-state index in [1.165, 1.54) is 0 Å². The van der Waals surface area contributed by atoms with Gasteiger partial charge in [0, 0.05) is 0 Å². The van der Waals surface area contributed by atoms with E-state index in [0.717, 1.165) is 6.42 Å². The molecule has 1 saturated carbocycles. The van der Waals surface area contributed by atoms with Crippen LogP contribution in [0.5, 0.6) is 0 Å². The standard InChI is InChI=1S/C12H12F2N2O4/c13-7-4-8(10(14)9(5-7)16(19)20)11(18)15-12(6-17)2-1-3-12/h4-5,17H,1-3,6H2,(H,15,18). The van der Waals surface area contributed by atoms with Gasteiger partial charge in [-0.25, -0.2) is 4.39 Å². The van der Waals surface area contributed by atoms with Crippen LogP contribution in [0.4, 0.5) is 14.5 Å². The number of nitrogens with zero attached hydrogens (tertiary/aromatic N) is 1. The number of aliphatic hydroxyl groups excluding tert-OH is 1. The summed E-state index contributed by atoms with van der Waals surface area (Å²) in [5.41, 5.74) is -2.68. The van der Waals surface area contributed by atoms with Crippen molar-refractivity contribution in [2.24, 2.45) is 0 Å². The first-order valence-electron chi connectivity index (χ1n) is 5.95. The average Bonchev–Trinajstić information content (AvgIpc) is 2.35. The largest absolute Gasteiger partial charge is 0.394 e. The van der Waals surface area contributed by atoms with Crippen LogP contribution >= 0.6 is 0 Å². The Morgan fingerprint density at radius 1 is 1.45 bits per heavy atom. The van der Waals surface area contributed by atoms with Crippen molar-refractivity contribution in [2.75, 3.05) is 6.61 Å². The number of halogens is 2. The number of nitro benzene ring substituents is 1. The number of amides is 1. The summed E-state index contributed by atoms with van der Waals surface area (Å²) in [5.74, 6) is -3.44. The van der Waals surface area contributed by atoms with Crippen molar-refractivity contribution in [3.8, 4) is 0 Å². The summed E-state index contributed by atoms with van der Waals surface area (Å²) in [6, 6.07) is 1.01. The first-order chi connectivity index (χ1) is 9.38. The summed E-state index contributed by atoms with van der Waals surface area (Å²) in [6.45, 7) is -0.322. The van der Waals surface area contributed by atoms with Crippen LogP contribution in [0.1, 0.15) is 29.6 Å². The molecule has 0 saturated heterocycles. The molecule has 1 aromatic rings. The molecule has 0 unspecified atom stereocenters. The van der Waals surface area contributed by atoms with Gasteiger partial charge in [-0.1, -0.05) is 0 Å². The van der Waals surface area contributed by atoms with Gasteiger partial charge in [-0.05, 0) is 25.3 Å². The number of carbonyl (C=O) groups excluding carboxylic acids is 1. The van der Waals surface area contributed by atoms with Crippen LogP contribution in [-0.4, -0.2) is 28.1 Å². The molecule has 0 spiro atoms. The zero-order valence-corrected chi connectivity index (χ0v) is 10.4. The van der Waals surface area contributed by atoms with Crippen molar-refractivity contribution in [1.29, 1.82) is 0 Å². The highest BCUT2D eigenvalue weighted by molar-refractivity contribution is 5.95. The van der Waals surface area contributed by atoms with Gasteiger partial charge in [-0.15, -0.1) is 0 Å². The van der Waals surface area contributed by atoms with Gasteiger partial charge < -0.3 is 10.4 Å². The maximum Gasteiger partial charge on any atom is 0.308 e. The topological polar surface area (TPSA) is 92.5 Å². The number of hydrogen-bond acceptors (Lipinski definition) is 4. The number of rotatable bonds is 4. The fourth-order valence-corrected chi connectivity index (χ4v) is 2.11. The lowest BCUT2D eigenvalue weighted by Crippen LogP contribution is -2.56. The molecule has 108 valence electrons. The van der Waals surface area contributed by atoms with E-state index in [9.17, 15) is 28.8 Å². The maximum absolute atomic E-state index is 13.8. The van der Waals surface area contributed by atoms with E-state index in [-0.39, 0.29) is 6.61 Å². The van der Waals surface area contributed by atoms with Crippen molar-refractivity contribution in [3.05, 3.63) is 39.4 Å². The van der Waals surface area contributed by atoms with E-state index in [1.807, 2.05) is 0 Å². The third-order valence-corrected chi connectivity index (χ3v) is 3.45. The van der Waals surface area contributed by atoms with Gasteiger partial charge >= 0.3 is 5.69 Å². The molecule has 1 fully saturated rings. The first kappa shape index (κ1) is 14.3. The van der Waals surface area contributed by atoms with Crippen LogP contribution in [0.3, 0.4) is 0 Å². The highest BCUT2D eigenvalue weighted by atomic mass is 19.1. The molecular formula is C12H12F2N2O4. The molecule has 1 amide bonds. The molecular weight excluding hydrogens is 274 g/mol. The van der Waals surface area contributed by atoms with Crippen molar-refractivity contribution >= 4 is 11.6 Å². The van der Waals surface area contributed by atoms with Crippen LogP contribution in [0, 0.1) is 21.7 Å². The molecule has 8 heteroatoms. The quantitative estimate of drug-likeness (QED) is 0.648. The zero-order chi connectivity index (χ0) is 14.9. The van der Waals surface area contributed by atoms with Crippen LogP contribution in [0.2, 0.25) is 0 Å². The van der Waals surface area contributed by atoms with Crippen molar-refractivity contribution < 1.29 is 23.6 Å². The fraction of sp³-hybridized carbons (Fsp3) is 0.417. The molecule has 2 N–H and O–H groups in total. The van der Waals surface area contributed by atoms with Gasteiger partial charge in [0.1, 0.15) is 5.82 Å². The van der Waals surface area contributed by atoms with Gasteiger partial charge in [-0.2, -0.15) is 4.39 Å². The highest BCUT2D eigenvalue weighted by Gasteiger charge is 2.39. The third kappa shape index (κ3) is 2.46. The number of nitrogens with one attached hydrogen (secondary N) is 1. The normalized spacial score (nSPS) is 16.4. The van der Waals surface area contributed by atoms with Crippen LogP contribution < -0.4 is 5.32 Å². The predicted octanol–water partition coefficient (Wildman–Crippen LogP) is 1.52. The van der Waals surface area contributed by atoms with Gasteiger partial charge in [0.05, 0.1) is 28.7 Å². The lowest BCUT2D eigenvalue weighted by atomic mass is 9.77. The van der Waals surface area contributed by atoms with Gasteiger partial charge in [0.15, 0.2) is 0 Å². The highest BCUT2D eigenvalue weighted by Crippen LogP contribution is 2.32. The molecule has 1 aromatic carbocycles. The Balaban J connectivity index is 2.32. The summed E-state index contributed by atoms with van der Waals surface area (Å²) >= 11 is 0. The number of benzene rings is 1. The second-order valence-electron chi connectivity index (χ2n) is 4.79. The molecule has 6 nitrogen and oxygen atoms in total. The summed E-state index contributed by atoms with van der Waals surface area (Å²) < 4.78 is 27.1. The van der Waals surface area contributed by atoms with Crippen molar-refractivity contribution in [3.63, 3.8) is 0 Å². The first-order valence-corrected chi connectivity index (χ1v) is 5.95. The van der Waals surface area contributed by atoms with E-state index in [4.69, 9.17) is 0 Å². The summed E-state index contributed by atoms with van der Waals surface area (Å²) in [7, 11) is 0. The van der Waals surface area contributed by atoms with Crippen molar-refractivity contribution in [1.82, 2.24) is 5.32 Å². The Labute approximate surface area is 112 Å². The predicted molar refractivity (Wildman–Crippen MR) is 64.1 cm³/mol. The average molecular weight is 286 g/mol. The number of nitro groups is 1. The molecule has 0 heterocycles. The Hall–Kier alpha value is -2.09.